The van der Waals surface area contributed by atoms with Crippen molar-refractivity contribution in [2.24, 2.45) is 9.96 Å². The Morgan fingerprint density at radius 3 is 1.44 bits per heavy atom. The number of halogens is 1. The molecule has 2 aromatic rings. The van der Waals surface area contributed by atoms with Crippen LogP contribution in [-0.2, 0) is 0 Å². The largest absolute Gasteiger partial charge is 0.245 e. The van der Waals surface area contributed by atoms with Gasteiger partial charge in [-0.25, -0.2) is 9.34 Å². The van der Waals surface area contributed by atoms with Crippen LogP contribution in [0.5, 0.6) is 0 Å². The van der Waals surface area contributed by atoms with E-state index in [1.165, 1.54) is 0 Å². The molecule has 2 aromatic carbocycles. The molecule has 0 saturated carbocycles. The van der Waals surface area contributed by atoms with Gasteiger partial charge in [0.25, 0.3) is 0 Å². The Morgan fingerprint density at radius 2 is 1.11 bits per heavy atom. The predicted octanol–water partition coefficient (Wildman–Crippen LogP) is 6.31. The molecule has 2 rings (SSSR count). The summed E-state index contributed by atoms with van der Waals surface area (Å²) in [5.74, 6) is 0. The summed E-state index contributed by atoms with van der Waals surface area (Å²) in [5, 5.41) is 4.75. The third kappa shape index (κ3) is 5.30. The standard InChI is InChI=1S/C21H30ClN4P/c1-5-25(6-2)27(22,26(7-3)8-4)24-23-21(19-15-11-9-12-16-19)20-17-13-10-14-18-20/h9-18H,5-8H2,1-4H3. The van der Waals surface area contributed by atoms with E-state index >= 15 is 0 Å². The minimum Gasteiger partial charge on any atom is -0.245 e. The maximum atomic E-state index is 7.18. The van der Waals surface area contributed by atoms with Gasteiger partial charge in [-0.1, -0.05) is 88.4 Å². The highest BCUT2D eigenvalue weighted by atomic mass is 35.7. The van der Waals surface area contributed by atoms with Gasteiger partial charge in [0.15, 0.2) is 0 Å². The van der Waals surface area contributed by atoms with E-state index in [1.54, 1.807) is 0 Å². The lowest BCUT2D eigenvalue weighted by atomic mass is 10.0. The number of hydrogen-bond donors (Lipinski definition) is 0. The number of rotatable bonds is 9. The van der Waals surface area contributed by atoms with Crippen molar-refractivity contribution in [1.29, 1.82) is 0 Å². The lowest BCUT2D eigenvalue weighted by Crippen LogP contribution is -2.29. The molecule has 0 aliphatic heterocycles. The molecule has 0 aliphatic carbocycles. The number of benzene rings is 2. The predicted molar refractivity (Wildman–Crippen MR) is 120 cm³/mol. The van der Waals surface area contributed by atoms with E-state index < -0.39 is 6.71 Å². The third-order valence-electron chi connectivity index (χ3n) is 4.53. The van der Waals surface area contributed by atoms with E-state index in [0.29, 0.717) is 0 Å². The van der Waals surface area contributed by atoms with Crippen LogP contribution in [0.2, 0.25) is 0 Å². The van der Waals surface area contributed by atoms with Gasteiger partial charge in [0.05, 0.1) is 0 Å². The Hall–Kier alpha value is -1.45. The Kier molecular flexibility index (Phi) is 8.72. The molecular weight excluding hydrogens is 375 g/mol. The van der Waals surface area contributed by atoms with Gasteiger partial charge in [0.2, 0.25) is 6.71 Å². The van der Waals surface area contributed by atoms with Crippen LogP contribution in [0.15, 0.2) is 70.6 Å². The van der Waals surface area contributed by atoms with E-state index in [2.05, 4.69) is 61.3 Å². The van der Waals surface area contributed by atoms with Crippen LogP contribution in [0.4, 0.5) is 0 Å². The van der Waals surface area contributed by atoms with Crippen molar-refractivity contribution in [3.8, 4) is 0 Å². The van der Waals surface area contributed by atoms with E-state index in [1.807, 2.05) is 36.4 Å². The zero-order chi connectivity index (χ0) is 19.7. The molecule has 0 amide bonds. The lowest BCUT2D eigenvalue weighted by Gasteiger charge is -2.36. The van der Waals surface area contributed by atoms with Crippen molar-refractivity contribution in [1.82, 2.24) is 9.34 Å². The van der Waals surface area contributed by atoms with Gasteiger partial charge in [-0.2, -0.15) is 0 Å². The van der Waals surface area contributed by atoms with Crippen LogP contribution in [0, 0.1) is 0 Å². The van der Waals surface area contributed by atoms with Crippen molar-refractivity contribution < 1.29 is 0 Å². The molecule has 6 heteroatoms. The van der Waals surface area contributed by atoms with Crippen molar-refractivity contribution in [3.63, 3.8) is 0 Å². The van der Waals surface area contributed by atoms with E-state index in [4.69, 9.17) is 21.2 Å². The minimum absolute atomic E-state index is 0.843. The lowest BCUT2D eigenvalue weighted by molar-refractivity contribution is 0.424. The third-order valence-corrected chi connectivity index (χ3v) is 8.91. The average Bonchev–Trinajstić information content (AvgIpc) is 2.71. The second-order valence-electron chi connectivity index (χ2n) is 6.04. The maximum Gasteiger partial charge on any atom is 0.211 e. The summed E-state index contributed by atoms with van der Waals surface area (Å²) < 4.78 is 4.47. The summed E-state index contributed by atoms with van der Waals surface area (Å²) in [6.45, 7) is 9.46. The fourth-order valence-electron chi connectivity index (χ4n) is 3.03. The second kappa shape index (κ2) is 10.8. The molecule has 0 heterocycles. The molecule has 0 saturated heterocycles. The summed E-state index contributed by atoms with van der Waals surface area (Å²) in [7, 11) is 0. The summed E-state index contributed by atoms with van der Waals surface area (Å²) in [5.41, 5.74) is 2.92. The maximum absolute atomic E-state index is 7.18. The molecule has 27 heavy (non-hydrogen) atoms. The Bertz CT molecular complexity index is 712. The van der Waals surface area contributed by atoms with E-state index in [9.17, 15) is 0 Å². The summed E-state index contributed by atoms with van der Waals surface area (Å²) in [6, 6.07) is 20.3. The monoisotopic (exact) mass is 404 g/mol. The van der Waals surface area contributed by atoms with Gasteiger partial charge in [0, 0.05) is 37.3 Å². The number of hydrogen-bond acceptors (Lipinski definition) is 1. The highest BCUT2D eigenvalue weighted by Crippen LogP contribution is 2.61. The van der Waals surface area contributed by atoms with Crippen molar-refractivity contribution in [3.05, 3.63) is 71.8 Å². The molecule has 0 unspecified atom stereocenters. The molecular formula is C21H30ClN4P. The molecule has 146 valence electrons. The highest BCUT2D eigenvalue weighted by Gasteiger charge is 2.29. The summed E-state index contributed by atoms with van der Waals surface area (Å²) in [4.78, 5) is 4.81. The van der Waals surface area contributed by atoms with Gasteiger partial charge in [-0.15, -0.1) is 9.96 Å². The van der Waals surface area contributed by atoms with Gasteiger partial charge < -0.3 is 0 Å². The highest BCUT2D eigenvalue weighted by molar-refractivity contribution is 7.87. The fourth-order valence-corrected chi connectivity index (χ4v) is 6.65. The molecule has 0 spiro atoms. The zero-order valence-electron chi connectivity index (χ0n) is 16.7. The van der Waals surface area contributed by atoms with E-state index in [-0.39, 0.29) is 0 Å². The smallest absolute Gasteiger partial charge is 0.211 e. The topological polar surface area (TPSA) is 31.2 Å². The first kappa shape index (κ1) is 21.8. The molecule has 4 nitrogen and oxygen atoms in total. The van der Waals surface area contributed by atoms with Crippen LogP contribution < -0.4 is 0 Å². The van der Waals surface area contributed by atoms with Crippen LogP contribution >= 0.6 is 17.9 Å². The molecule has 0 aliphatic rings. The van der Waals surface area contributed by atoms with E-state index in [0.717, 1.165) is 43.0 Å². The fraction of sp³-hybridized carbons (Fsp3) is 0.381. The second-order valence-corrected chi connectivity index (χ2v) is 9.70. The summed E-state index contributed by atoms with van der Waals surface area (Å²) in [6.07, 6.45) is 0. The van der Waals surface area contributed by atoms with Crippen molar-refractivity contribution >= 4 is 23.7 Å². The SMILES string of the molecule is CCN(CC)P(Cl)(=NN=C(c1ccccc1)c1ccccc1)N(CC)CC. The van der Waals surface area contributed by atoms with Crippen molar-refractivity contribution in [2.45, 2.75) is 27.7 Å². The zero-order valence-corrected chi connectivity index (χ0v) is 18.4. The van der Waals surface area contributed by atoms with Crippen LogP contribution in [0.25, 0.3) is 0 Å². The van der Waals surface area contributed by atoms with Gasteiger partial charge in [0.1, 0.15) is 5.71 Å². The van der Waals surface area contributed by atoms with Gasteiger partial charge in [-0.3, -0.25) is 0 Å². The Balaban J connectivity index is 2.65. The van der Waals surface area contributed by atoms with Crippen LogP contribution in [0.3, 0.4) is 0 Å². The van der Waals surface area contributed by atoms with Gasteiger partial charge >= 0.3 is 0 Å². The quantitative estimate of drug-likeness (QED) is 0.278. The Morgan fingerprint density at radius 1 is 0.741 bits per heavy atom. The van der Waals surface area contributed by atoms with Crippen LogP contribution in [0.1, 0.15) is 38.8 Å². The number of nitrogens with zero attached hydrogens (tertiary/aromatic N) is 4. The summed E-state index contributed by atoms with van der Waals surface area (Å²) >= 11 is 7.18. The molecule has 0 N–H and O–H groups in total. The molecule has 0 bridgehead atoms. The minimum atomic E-state index is -2.41. The first-order chi connectivity index (χ1) is 13.1. The molecule has 0 fully saturated rings. The first-order valence-electron chi connectivity index (χ1n) is 9.61. The molecule has 0 radical (unpaired) electrons. The normalized spacial score (nSPS) is 11.7. The first-order valence-corrected chi connectivity index (χ1v) is 12.2. The van der Waals surface area contributed by atoms with Crippen molar-refractivity contribution in [2.75, 3.05) is 26.2 Å². The molecule has 0 aromatic heterocycles. The van der Waals surface area contributed by atoms with Gasteiger partial charge in [-0.05, 0) is 11.2 Å². The van der Waals surface area contributed by atoms with Crippen LogP contribution in [-0.4, -0.2) is 41.2 Å². The average molecular weight is 405 g/mol. The molecule has 0 atom stereocenters. The Labute approximate surface area is 168 Å².